The van der Waals surface area contributed by atoms with Gasteiger partial charge in [0.1, 0.15) is 0 Å². The molecule has 0 saturated heterocycles. The van der Waals surface area contributed by atoms with Gasteiger partial charge in [0, 0.05) is 33.9 Å². The summed E-state index contributed by atoms with van der Waals surface area (Å²) in [5, 5.41) is 0. The molecule has 0 aromatic heterocycles. The monoisotopic (exact) mass is 265 g/mol. The van der Waals surface area contributed by atoms with Crippen LogP contribution in [0.25, 0.3) is 0 Å². The molecule has 0 fully saturated rings. The first-order valence-corrected chi connectivity index (χ1v) is 5.77. The number of nitrogens with zero attached hydrogens (tertiary/aromatic N) is 2. The minimum Gasteiger partial charge on any atom is -0.452 e. The molecule has 6 nitrogen and oxygen atoms in total. The van der Waals surface area contributed by atoms with Gasteiger partial charge in [0.25, 0.3) is 5.91 Å². The molecule has 0 radical (unpaired) electrons. The van der Waals surface area contributed by atoms with Crippen LogP contribution < -0.4 is 10.6 Å². The van der Waals surface area contributed by atoms with Gasteiger partial charge < -0.3 is 20.3 Å². The van der Waals surface area contributed by atoms with Gasteiger partial charge in [0.2, 0.25) is 0 Å². The summed E-state index contributed by atoms with van der Waals surface area (Å²) in [7, 11) is 6.82. The number of rotatable bonds is 4. The summed E-state index contributed by atoms with van der Waals surface area (Å²) >= 11 is 0. The number of nitrogen functional groups attached to an aromatic ring is 1. The van der Waals surface area contributed by atoms with Crippen molar-refractivity contribution in [3.05, 3.63) is 23.8 Å². The number of benzene rings is 1. The molecule has 1 amide bonds. The number of amides is 1. The minimum absolute atomic E-state index is 0.274. The van der Waals surface area contributed by atoms with Crippen molar-refractivity contribution >= 4 is 23.3 Å². The Hall–Kier alpha value is -2.24. The maximum absolute atomic E-state index is 12.0. The summed E-state index contributed by atoms with van der Waals surface area (Å²) in [6.45, 7) is -0.284. The molecule has 0 atom stereocenters. The van der Waals surface area contributed by atoms with E-state index in [-0.39, 0.29) is 12.5 Å². The average Bonchev–Trinajstić information content (AvgIpc) is 2.34. The number of ether oxygens (including phenoxy) is 1. The number of esters is 1. The maximum atomic E-state index is 12.0. The van der Waals surface area contributed by atoms with Gasteiger partial charge >= 0.3 is 5.97 Å². The lowest BCUT2D eigenvalue weighted by Crippen LogP contribution is -2.28. The third kappa shape index (κ3) is 3.87. The fourth-order valence-electron chi connectivity index (χ4n) is 1.44. The SMILES string of the molecule is CN(C)C(=O)COC(=O)c1cc(N)ccc1N(C)C. The summed E-state index contributed by atoms with van der Waals surface area (Å²) in [6.07, 6.45) is 0. The molecular formula is C13H19N3O3. The number of nitrogens with two attached hydrogens (primary N) is 1. The Bertz CT molecular complexity index is 484. The zero-order valence-electron chi connectivity index (χ0n) is 11.6. The Balaban J connectivity index is 2.87. The Morgan fingerprint density at radius 2 is 1.84 bits per heavy atom. The van der Waals surface area contributed by atoms with Crippen LogP contribution >= 0.6 is 0 Å². The van der Waals surface area contributed by atoms with Crippen molar-refractivity contribution in [3.63, 3.8) is 0 Å². The van der Waals surface area contributed by atoms with Crippen molar-refractivity contribution in [1.82, 2.24) is 4.90 Å². The Kier molecular flexibility index (Phi) is 4.74. The predicted molar refractivity (Wildman–Crippen MR) is 74.2 cm³/mol. The van der Waals surface area contributed by atoms with E-state index in [4.69, 9.17) is 10.5 Å². The first kappa shape index (κ1) is 14.8. The minimum atomic E-state index is -0.564. The Morgan fingerprint density at radius 1 is 1.21 bits per heavy atom. The summed E-state index contributed by atoms with van der Waals surface area (Å²) in [4.78, 5) is 26.5. The van der Waals surface area contributed by atoms with Crippen molar-refractivity contribution in [2.75, 3.05) is 45.4 Å². The zero-order valence-corrected chi connectivity index (χ0v) is 11.6. The van der Waals surface area contributed by atoms with Gasteiger partial charge in [0.15, 0.2) is 6.61 Å². The van der Waals surface area contributed by atoms with Gasteiger partial charge in [-0.2, -0.15) is 0 Å². The molecule has 0 heterocycles. The fourth-order valence-corrected chi connectivity index (χ4v) is 1.44. The predicted octanol–water partition coefficient (Wildman–Crippen LogP) is 0.580. The first-order chi connectivity index (χ1) is 8.82. The second-order valence-electron chi connectivity index (χ2n) is 4.54. The molecule has 1 rings (SSSR count). The lowest BCUT2D eigenvalue weighted by Gasteiger charge is -2.17. The molecule has 0 saturated carbocycles. The number of anilines is 2. The van der Waals surface area contributed by atoms with E-state index in [0.29, 0.717) is 16.9 Å². The number of likely N-dealkylation sites (N-methyl/N-ethyl adjacent to an activating group) is 1. The van der Waals surface area contributed by atoms with Crippen LogP contribution in [0.15, 0.2) is 18.2 Å². The number of carbonyl (C=O) groups is 2. The standard InChI is InChI=1S/C13H19N3O3/c1-15(2)11-6-5-9(14)7-10(11)13(18)19-8-12(17)16(3)4/h5-7H,8,14H2,1-4H3. The highest BCUT2D eigenvalue weighted by Gasteiger charge is 2.16. The molecule has 0 unspecified atom stereocenters. The van der Waals surface area contributed by atoms with Crippen LogP contribution in [-0.2, 0) is 9.53 Å². The summed E-state index contributed by atoms with van der Waals surface area (Å²) in [6, 6.07) is 4.98. The van der Waals surface area contributed by atoms with Crippen LogP contribution in [0.5, 0.6) is 0 Å². The van der Waals surface area contributed by atoms with Crippen LogP contribution in [0, 0.1) is 0 Å². The molecule has 19 heavy (non-hydrogen) atoms. The summed E-state index contributed by atoms with van der Waals surface area (Å²) in [5.41, 5.74) is 7.17. The van der Waals surface area contributed by atoms with Crippen LogP contribution in [0.1, 0.15) is 10.4 Å². The van der Waals surface area contributed by atoms with Gasteiger partial charge in [-0.3, -0.25) is 4.79 Å². The molecule has 1 aromatic carbocycles. The van der Waals surface area contributed by atoms with E-state index in [1.165, 1.54) is 11.0 Å². The van der Waals surface area contributed by atoms with E-state index in [2.05, 4.69) is 0 Å². The largest absolute Gasteiger partial charge is 0.452 e. The molecule has 104 valence electrons. The number of hydrogen-bond acceptors (Lipinski definition) is 5. The Labute approximate surface area is 112 Å². The highest BCUT2D eigenvalue weighted by molar-refractivity contribution is 5.97. The first-order valence-electron chi connectivity index (χ1n) is 5.77. The third-order valence-corrected chi connectivity index (χ3v) is 2.55. The number of carbonyl (C=O) groups excluding carboxylic acids is 2. The van der Waals surface area contributed by atoms with Gasteiger partial charge in [-0.15, -0.1) is 0 Å². The van der Waals surface area contributed by atoms with Gasteiger partial charge in [-0.1, -0.05) is 0 Å². The molecule has 0 aliphatic rings. The molecule has 0 aliphatic carbocycles. The lowest BCUT2D eigenvalue weighted by molar-refractivity contribution is -0.131. The Morgan fingerprint density at radius 3 is 2.37 bits per heavy atom. The van der Waals surface area contributed by atoms with E-state index in [9.17, 15) is 9.59 Å². The molecule has 6 heteroatoms. The van der Waals surface area contributed by atoms with Crippen LogP contribution in [0.2, 0.25) is 0 Å². The molecular weight excluding hydrogens is 246 g/mol. The normalized spacial score (nSPS) is 9.89. The van der Waals surface area contributed by atoms with Crippen LogP contribution in [-0.4, -0.2) is 51.6 Å². The molecule has 0 spiro atoms. The van der Waals surface area contributed by atoms with Crippen molar-refractivity contribution in [2.24, 2.45) is 0 Å². The van der Waals surface area contributed by atoms with E-state index >= 15 is 0 Å². The molecule has 1 aromatic rings. The van der Waals surface area contributed by atoms with Gasteiger partial charge in [-0.25, -0.2) is 4.79 Å². The highest BCUT2D eigenvalue weighted by atomic mass is 16.5. The van der Waals surface area contributed by atoms with Crippen molar-refractivity contribution in [2.45, 2.75) is 0 Å². The highest BCUT2D eigenvalue weighted by Crippen LogP contribution is 2.22. The topological polar surface area (TPSA) is 75.9 Å². The van der Waals surface area contributed by atoms with Crippen molar-refractivity contribution in [1.29, 1.82) is 0 Å². The van der Waals surface area contributed by atoms with Gasteiger partial charge in [0.05, 0.1) is 11.3 Å². The molecule has 0 bridgehead atoms. The van der Waals surface area contributed by atoms with E-state index in [1.54, 1.807) is 31.1 Å². The molecule has 2 N–H and O–H groups in total. The van der Waals surface area contributed by atoms with Crippen molar-refractivity contribution in [3.8, 4) is 0 Å². The van der Waals surface area contributed by atoms with Gasteiger partial charge in [-0.05, 0) is 18.2 Å². The van der Waals surface area contributed by atoms with E-state index in [0.717, 1.165) is 0 Å². The van der Waals surface area contributed by atoms with Crippen LogP contribution in [0.3, 0.4) is 0 Å². The zero-order chi connectivity index (χ0) is 14.6. The quantitative estimate of drug-likeness (QED) is 0.636. The maximum Gasteiger partial charge on any atom is 0.340 e. The molecule has 0 aliphatic heterocycles. The van der Waals surface area contributed by atoms with E-state index < -0.39 is 5.97 Å². The second kappa shape index (κ2) is 6.08. The second-order valence-corrected chi connectivity index (χ2v) is 4.54. The van der Waals surface area contributed by atoms with E-state index in [1.807, 2.05) is 14.1 Å². The smallest absolute Gasteiger partial charge is 0.340 e. The summed E-state index contributed by atoms with van der Waals surface area (Å²) in [5.74, 6) is -0.838. The average molecular weight is 265 g/mol. The summed E-state index contributed by atoms with van der Waals surface area (Å²) < 4.78 is 4.98. The number of hydrogen-bond donors (Lipinski definition) is 1. The third-order valence-electron chi connectivity index (χ3n) is 2.55. The van der Waals surface area contributed by atoms with Crippen molar-refractivity contribution < 1.29 is 14.3 Å². The van der Waals surface area contributed by atoms with Crippen LogP contribution in [0.4, 0.5) is 11.4 Å². The lowest BCUT2D eigenvalue weighted by atomic mass is 10.1. The fraction of sp³-hybridized carbons (Fsp3) is 0.385.